The van der Waals surface area contributed by atoms with E-state index in [2.05, 4.69) is 43.2 Å². The minimum Gasteiger partial charge on any atom is -0.375 e. The van der Waals surface area contributed by atoms with Gasteiger partial charge in [-0.05, 0) is 52.2 Å². The molecule has 1 heterocycles. The summed E-state index contributed by atoms with van der Waals surface area (Å²) in [7, 11) is 0. The second-order valence-electron chi connectivity index (χ2n) is 4.90. The summed E-state index contributed by atoms with van der Waals surface area (Å²) in [6, 6.07) is 13.9. The summed E-state index contributed by atoms with van der Waals surface area (Å²) in [5.41, 5.74) is 3.20. The third-order valence-corrected chi connectivity index (χ3v) is 4.70. The summed E-state index contributed by atoms with van der Waals surface area (Å²) in [6.07, 6.45) is 0.934. The Bertz CT molecular complexity index is 688. The molecule has 2 aromatic rings. The molecule has 0 fully saturated rings. The lowest BCUT2D eigenvalue weighted by atomic mass is 10.2. The number of carbonyl (C=O) groups is 1. The molecule has 1 N–H and O–H groups in total. The smallest absolute Gasteiger partial charge is 0.246 e. The molecule has 0 atom stereocenters. The van der Waals surface area contributed by atoms with Gasteiger partial charge in [0.15, 0.2) is 0 Å². The molecule has 1 aliphatic rings. The van der Waals surface area contributed by atoms with E-state index in [0.717, 1.165) is 33.3 Å². The van der Waals surface area contributed by atoms with Gasteiger partial charge in [0.1, 0.15) is 0 Å². The Balaban J connectivity index is 1.68. The van der Waals surface area contributed by atoms with E-state index >= 15 is 0 Å². The van der Waals surface area contributed by atoms with E-state index in [1.165, 1.54) is 5.56 Å². The molecule has 1 amide bonds. The molecular weight excluding hydrogens is 396 g/mol. The van der Waals surface area contributed by atoms with Gasteiger partial charge in [0.05, 0.1) is 6.54 Å². The molecule has 3 rings (SSSR count). The van der Waals surface area contributed by atoms with E-state index in [1.807, 2.05) is 41.3 Å². The predicted octanol–water partition coefficient (Wildman–Crippen LogP) is 4.21. The highest BCUT2D eigenvalue weighted by Crippen LogP contribution is 2.28. The molecule has 0 bridgehead atoms. The van der Waals surface area contributed by atoms with Crippen LogP contribution in [0.1, 0.15) is 5.56 Å². The van der Waals surface area contributed by atoms with Crippen molar-refractivity contribution in [1.82, 2.24) is 0 Å². The summed E-state index contributed by atoms with van der Waals surface area (Å²) in [5, 5.41) is 3.19. The largest absolute Gasteiger partial charge is 0.375 e. The number of hydrogen-bond acceptors (Lipinski definition) is 2. The molecule has 0 spiro atoms. The summed E-state index contributed by atoms with van der Waals surface area (Å²) in [4.78, 5) is 14.3. The Labute approximate surface area is 140 Å². The number of hydrogen-bond donors (Lipinski definition) is 1. The second-order valence-corrected chi connectivity index (χ2v) is 6.67. The first-order valence-electron chi connectivity index (χ1n) is 6.72. The highest BCUT2D eigenvalue weighted by molar-refractivity contribution is 9.11. The normalized spacial score (nSPS) is 13.1. The van der Waals surface area contributed by atoms with Gasteiger partial charge in [0.25, 0.3) is 0 Å². The monoisotopic (exact) mass is 408 g/mol. The molecule has 2 aromatic carbocycles. The maximum Gasteiger partial charge on any atom is 0.246 e. The van der Waals surface area contributed by atoms with E-state index in [0.29, 0.717) is 0 Å². The number of anilines is 2. The Kier molecular flexibility index (Phi) is 4.31. The fourth-order valence-electron chi connectivity index (χ4n) is 2.50. The quantitative estimate of drug-likeness (QED) is 0.823. The predicted molar refractivity (Wildman–Crippen MR) is 92.8 cm³/mol. The van der Waals surface area contributed by atoms with Gasteiger partial charge < -0.3 is 10.2 Å². The first-order valence-corrected chi connectivity index (χ1v) is 8.31. The van der Waals surface area contributed by atoms with Crippen molar-refractivity contribution in [3.05, 3.63) is 57.0 Å². The molecule has 5 heteroatoms. The van der Waals surface area contributed by atoms with Crippen molar-refractivity contribution in [3.8, 4) is 0 Å². The van der Waals surface area contributed by atoms with Crippen LogP contribution in [0, 0.1) is 0 Å². The second kappa shape index (κ2) is 6.20. The summed E-state index contributed by atoms with van der Waals surface area (Å²) in [6.45, 7) is 1.05. The zero-order chi connectivity index (χ0) is 14.8. The third-order valence-electron chi connectivity index (χ3n) is 3.55. The van der Waals surface area contributed by atoms with E-state index in [1.54, 1.807) is 0 Å². The van der Waals surface area contributed by atoms with E-state index in [4.69, 9.17) is 0 Å². The molecule has 1 aliphatic heterocycles. The molecule has 0 unspecified atom stereocenters. The van der Waals surface area contributed by atoms with Crippen molar-refractivity contribution in [2.45, 2.75) is 6.42 Å². The van der Waals surface area contributed by atoms with Gasteiger partial charge in [0.2, 0.25) is 5.91 Å². The number of fused-ring (bicyclic) bond motifs is 1. The van der Waals surface area contributed by atoms with E-state index in [-0.39, 0.29) is 12.5 Å². The molecule has 108 valence electrons. The van der Waals surface area contributed by atoms with Crippen LogP contribution in [0.25, 0.3) is 0 Å². The summed E-state index contributed by atoms with van der Waals surface area (Å²) < 4.78 is 1.94. The Morgan fingerprint density at radius 1 is 1.19 bits per heavy atom. The van der Waals surface area contributed by atoms with Crippen LogP contribution >= 0.6 is 31.9 Å². The minimum absolute atomic E-state index is 0.0924. The van der Waals surface area contributed by atoms with Crippen LogP contribution < -0.4 is 10.2 Å². The average molecular weight is 410 g/mol. The third kappa shape index (κ3) is 3.14. The first kappa shape index (κ1) is 14.6. The maximum atomic E-state index is 12.4. The Morgan fingerprint density at radius 3 is 2.81 bits per heavy atom. The molecular formula is C16H14Br2N2O. The zero-order valence-corrected chi connectivity index (χ0v) is 14.4. The van der Waals surface area contributed by atoms with Crippen LogP contribution in [0.15, 0.2) is 51.4 Å². The summed E-state index contributed by atoms with van der Waals surface area (Å²) in [5.74, 6) is 0.0924. The molecule has 0 radical (unpaired) electrons. The number of rotatable bonds is 3. The highest BCUT2D eigenvalue weighted by Gasteiger charge is 2.23. The number of amides is 1. The van der Waals surface area contributed by atoms with Gasteiger partial charge in [-0.15, -0.1) is 0 Å². The van der Waals surface area contributed by atoms with Crippen molar-refractivity contribution in [3.63, 3.8) is 0 Å². The van der Waals surface area contributed by atoms with Crippen molar-refractivity contribution >= 4 is 49.1 Å². The molecule has 0 saturated heterocycles. The minimum atomic E-state index is 0.0924. The van der Waals surface area contributed by atoms with Crippen LogP contribution in [-0.2, 0) is 11.2 Å². The van der Waals surface area contributed by atoms with E-state index < -0.39 is 0 Å². The van der Waals surface area contributed by atoms with Crippen LogP contribution in [0.2, 0.25) is 0 Å². The number of carbonyl (C=O) groups excluding carboxylic acids is 1. The fourth-order valence-corrected chi connectivity index (χ4v) is 3.68. The van der Waals surface area contributed by atoms with Crippen LogP contribution in [-0.4, -0.2) is 19.0 Å². The topological polar surface area (TPSA) is 32.3 Å². The lowest BCUT2D eigenvalue weighted by Crippen LogP contribution is -2.34. The molecule has 0 saturated carbocycles. The van der Waals surface area contributed by atoms with Gasteiger partial charge in [0, 0.05) is 26.9 Å². The van der Waals surface area contributed by atoms with Gasteiger partial charge in [-0.1, -0.05) is 34.1 Å². The number of nitrogens with one attached hydrogen (secondary N) is 1. The van der Waals surface area contributed by atoms with Gasteiger partial charge >= 0.3 is 0 Å². The highest BCUT2D eigenvalue weighted by atomic mass is 79.9. The lowest BCUT2D eigenvalue weighted by Gasteiger charge is -2.18. The van der Waals surface area contributed by atoms with Gasteiger partial charge in [-0.2, -0.15) is 0 Å². The lowest BCUT2D eigenvalue weighted by molar-refractivity contribution is -0.116. The number of nitrogens with zero attached hydrogens (tertiary/aromatic N) is 1. The van der Waals surface area contributed by atoms with Crippen LogP contribution in [0.3, 0.4) is 0 Å². The summed E-state index contributed by atoms with van der Waals surface area (Å²) >= 11 is 6.90. The van der Waals surface area contributed by atoms with Gasteiger partial charge in [-0.25, -0.2) is 0 Å². The molecule has 0 aliphatic carbocycles. The zero-order valence-electron chi connectivity index (χ0n) is 11.3. The molecule has 21 heavy (non-hydrogen) atoms. The number of halogens is 2. The van der Waals surface area contributed by atoms with Crippen LogP contribution in [0.4, 0.5) is 11.4 Å². The SMILES string of the molecule is O=C(CNc1ccc(Br)cc1Br)N1CCc2ccccc21. The Hall–Kier alpha value is -1.33. The van der Waals surface area contributed by atoms with Crippen molar-refractivity contribution < 1.29 is 4.79 Å². The van der Waals surface area contributed by atoms with Crippen molar-refractivity contribution in [2.75, 3.05) is 23.3 Å². The number of benzene rings is 2. The standard InChI is InChI=1S/C16H14Br2N2O/c17-12-5-6-14(13(18)9-12)19-10-16(21)20-8-7-11-3-1-2-4-15(11)20/h1-6,9,19H,7-8,10H2. The molecule has 3 nitrogen and oxygen atoms in total. The van der Waals surface area contributed by atoms with Crippen molar-refractivity contribution in [1.29, 1.82) is 0 Å². The average Bonchev–Trinajstić information content (AvgIpc) is 2.90. The fraction of sp³-hybridized carbons (Fsp3) is 0.188. The molecule has 0 aromatic heterocycles. The van der Waals surface area contributed by atoms with Crippen molar-refractivity contribution in [2.24, 2.45) is 0 Å². The maximum absolute atomic E-state index is 12.4. The Morgan fingerprint density at radius 2 is 2.00 bits per heavy atom. The first-order chi connectivity index (χ1) is 10.1. The number of para-hydroxylation sites is 1. The van der Waals surface area contributed by atoms with Crippen LogP contribution in [0.5, 0.6) is 0 Å². The van der Waals surface area contributed by atoms with E-state index in [9.17, 15) is 4.79 Å². The van der Waals surface area contributed by atoms with Gasteiger partial charge in [-0.3, -0.25) is 4.79 Å².